The van der Waals surface area contributed by atoms with E-state index in [0.29, 0.717) is 6.42 Å². The second-order valence-electron chi connectivity index (χ2n) is 6.08. The predicted molar refractivity (Wildman–Crippen MR) is 93.3 cm³/mol. The van der Waals surface area contributed by atoms with E-state index < -0.39 is 12.1 Å². The summed E-state index contributed by atoms with van der Waals surface area (Å²) in [6, 6.07) is 0. The molecule has 1 N–H and O–H groups in total. The van der Waals surface area contributed by atoms with Gasteiger partial charge in [-0.1, -0.05) is 70.4 Å². The molecule has 0 radical (unpaired) electrons. The van der Waals surface area contributed by atoms with E-state index in [-0.39, 0.29) is 0 Å². The van der Waals surface area contributed by atoms with Gasteiger partial charge in [0, 0.05) is 7.11 Å². The number of carboxylic acid groups (broad SMARTS) is 1. The van der Waals surface area contributed by atoms with Crippen molar-refractivity contribution in [1.29, 1.82) is 0 Å². The first-order valence-electron chi connectivity index (χ1n) is 9.13. The molecule has 130 valence electrons. The molecule has 0 spiro atoms. The topological polar surface area (TPSA) is 46.5 Å². The van der Waals surface area contributed by atoms with Crippen LogP contribution >= 0.6 is 0 Å². The fraction of sp³-hybridized carbons (Fsp3) is 0.842. The molecule has 0 aliphatic heterocycles. The summed E-state index contributed by atoms with van der Waals surface area (Å²) in [4.78, 5) is 10.8. The van der Waals surface area contributed by atoms with Crippen LogP contribution in [0.4, 0.5) is 0 Å². The smallest absolute Gasteiger partial charge is 0.332 e. The Kier molecular flexibility index (Phi) is 15.9. The van der Waals surface area contributed by atoms with Crippen LogP contribution in [0.2, 0.25) is 0 Å². The monoisotopic (exact) mass is 312 g/mol. The molecule has 0 rings (SSSR count). The van der Waals surface area contributed by atoms with E-state index >= 15 is 0 Å². The Morgan fingerprint density at radius 1 is 0.909 bits per heavy atom. The van der Waals surface area contributed by atoms with Crippen LogP contribution in [0, 0.1) is 0 Å². The van der Waals surface area contributed by atoms with Gasteiger partial charge in [-0.2, -0.15) is 0 Å². The average molecular weight is 312 g/mol. The molecule has 0 fully saturated rings. The lowest BCUT2D eigenvalue weighted by Gasteiger charge is -2.08. The number of aliphatic carboxylic acids is 1. The molecule has 0 amide bonds. The molecule has 0 saturated carbocycles. The van der Waals surface area contributed by atoms with Gasteiger partial charge in [0.2, 0.25) is 0 Å². The van der Waals surface area contributed by atoms with Crippen molar-refractivity contribution in [3.8, 4) is 0 Å². The summed E-state index contributed by atoms with van der Waals surface area (Å²) in [6.07, 6.45) is 19.7. The van der Waals surface area contributed by atoms with Gasteiger partial charge >= 0.3 is 5.97 Å². The Morgan fingerprint density at radius 2 is 1.41 bits per heavy atom. The Bertz CT molecular complexity index is 274. The highest BCUT2D eigenvalue weighted by Gasteiger charge is 2.14. The zero-order valence-electron chi connectivity index (χ0n) is 14.7. The quantitative estimate of drug-likeness (QED) is 0.292. The van der Waals surface area contributed by atoms with Gasteiger partial charge < -0.3 is 9.84 Å². The summed E-state index contributed by atoms with van der Waals surface area (Å²) in [5.74, 6) is -0.860. The van der Waals surface area contributed by atoms with Crippen molar-refractivity contribution in [3.05, 3.63) is 12.2 Å². The van der Waals surface area contributed by atoms with E-state index in [1.54, 1.807) is 0 Å². The first-order chi connectivity index (χ1) is 10.7. The number of ether oxygens (including phenoxy) is 1. The standard InChI is InChI=1S/C19H36O3/c1-3-4-5-6-7-8-9-10-11-12-13-14-15-16-17-18(22-2)19(20)21/h13-14,18H,3-12,15-17H2,1-2H3,(H,20,21)/b14-13-/t18-/m1/s1. The SMILES string of the molecule is CCCCCCCCCCC/C=C\CCC[C@@H](OC)C(=O)O. The normalized spacial score (nSPS) is 12.8. The fourth-order valence-electron chi connectivity index (χ4n) is 2.57. The van der Waals surface area contributed by atoms with Crippen LogP contribution in [0.1, 0.15) is 90.4 Å². The fourth-order valence-corrected chi connectivity index (χ4v) is 2.57. The minimum absolute atomic E-state index is 0.591. The lowest BCUT2D eigenvalue weighted by atomic mass is 10.1. The van der Waals surface area contributed by atoms with Crippen LogP contribution in [0.15, 0.2) is 12.2 Å². The second-order valence-corrected chi connectivity index (χ2v) is 6.08. The van der Waals surface area contributed by atoms with Gasteiger partial charge in [0.25, 0.3) is 0 Å². The Morgan fingerprint density at radius 3 is 1.91 bits per heavy atom. The minimum Gasteiger partial charge on any atom is -0.479 e. The maximum absolute atomic E-state index is 10.8. The van der Waals surface area contributed by atoms with Crippen LogP contribution in [0.5, 0.6) is 0 Å². The number of unbranched alkanes of at least 4 members (excludes halogenated alkanes) is 10. The minimum atomic E-state index is -0.860. The van der Waals surface area contributed by atoms with Gasteiger partial charge in [0.1, 0.15) is 0 Å². The molecular weight excluding hydrogens is 276 g/mol. The van der Waals surface area contributed by atoms with Gasteiger partial charge in [0.15, 0.2) is 6.10 Å². The summed E-state index contributed by atoms with van der Waals surface area (Å²) in [6.45, 7) is 2.26. The van der Waals surface area contributed by atoms with Gasteiger partial charge in [-0.15, -0.1) is 0 Å². The maximum atomic E-state index is 10.8. The Hall–Kier alpha value is -0.830. The molecule has 0 unspecified atom stereocenters. The third-order valence-electron chi connectivity index (χ3n) is 4.04. The van der Waals surface area contributed by atoms with Crippen molar-refractivity contribution < 1.29 is 14.6 Å². The molecule has 0 heterocycles. The van der Waals surface area contributed by atoms with Crippen LogP contribution in [-0.2, 0) is 9.53 Å². The lowest BCUT2D eigenvalue weighted by molar-refractivity contribution is -0.148. The first kappa shape index (κ1) is 21.2. The van der Waals surface area contributed by atoms with Crippen molar-refractivity contribution in [2.24, 2.45) is 0 Å². The maximum Gasteiger partial charge on any atom is 0.332 e. The van der Waals surface area contributed by atoms with Gasteiger partial charge in [0.05, 0.1) is 0 Å². The number of hydrogen-bond acceptors (Lipinski definition) is 2. The van der Waals surface area contributed by atoms with Crippen molar-refractivity contribution in [1.82, 2.24) is 0 Å². The van der Waals surface area contributed by atoms with E-state index in [2.05, 4.69) is 19.1 Å². The summed E-state index contributed by atoms with van der Waals surface area (Å²) in [5.41, 5.74) is 0. The number of carboxylic acids is 1. The van der Waals surface area contributed by atoms with Gasteiger partial charge in [-0.25, -0.2) is 4.79 Å². The molecule has 0 bridgehead atoms. The van der Waals surface area contributed by atoms with E-state index in [4.69, 9.17) is 9.84 Å². The number of methoxy groups -OCH3 is 1. The summed E-state index contributed by atoms with van der Waals surface area (Å²) < 4.78 is 4.90. The van der Waals surface area contributed by atoms with E-state index in [0.717, 1.165) is 19.3 Å². The van der Waals surface area contributed by atoms with Crippen LogP contribution in [-0.4, -0.2) is 24.3 Å². The predicted octanol–water partition coefficient (Wildman–Crippen LogP) is 5.73. The van der Waals surface area contributed by atoms with E-state index in [1.165, 1.54) is 64.9 Å². The molecule has 3 nitrogen and oxygen atoms in total. The average Bonchev–Trinajstić information content (AvgIpc) is 2.51. The number of allylic oxidation sites excluding steroid dienone is 2. The highest BCUT2D eigenvalue weighted by molar-refractivity contribution is 5.72. The summed E-state index contributed by atoms with van der Waals surface area (Å²) in [7, 11) is 1.46. The van der Waals surface area contributed by atoms with E-state index in [1.807, 2.05) is 0 Å². The summed E-state index contributed by atoms with van der Waals surface area (Å²) in [5, 5.41) is 8.83. The van der Waals surface area contributed by atoms with Crippen molar-refractivity contribution in [2.75, 3.05) is 7.11 Å². The molecule has 3 heteroatoms. The number of carbonyl (C=O) groups is 1. The molecular formula is C19H36O3. The molecule has 0 aliphatic carbocycles. The molecule has 0 aromatic rings. The summed E-state index contributed by atoms with van der Waals surface area (Å²) >= 11 is 0. The number of hydrogen-bond donors (Lipinski definition) is 1. The second kappa shape index (κ2) is 16.5. The van der Waals surface area contributed by atoms with Gasteiger partial charge in [-0.05, 0) is 32.1 Å². The van der Waals surface area contributed by atoms with Gasteiger partial charge in [-0.3, -0.25) is 0 Å². The van der Waals surface area contributed by atoms with Crippen LogP contribution in [0.25, 0.3) is 0 Å². The third-order valence-corrected chi connectivity index (χ3v) is 4.04. The molecule has 22 heavy (non-hydrogen) atoms. The number of rotatable bonds is 16. The van der Waals surface area contributed by atoms with Crippen LogP contribution < -0.4 is 0 Å². The molecule has 0 aliphatic rings. The zero-order chi connectivity index (χ0) is 16.5. The Balaban J connectivity index is 3.26. The highest BCUT2D eigenvalue weighted by atomic mass is 16.5. The Labute approximate surface area is 137 Å². The highest BCUT2D eigenvalue weighted by Crippen LogP contribution is 2.11. The van der Waals surface area contributed by atoms with Crippen LogP contribution in [0.3, 0.4) is 0 Å². The van der Waals surface area contributed by atoms with Crippen molar-refractivity contribution in [3.63, 3.8) is 0 Å². The van der Waals surface area contributed by atoms with E-state index in [9.17, 15) is 4.79 Å². The molecule has 0 aromatic heterocycles. The van der Waals surface area contributed by atoms with Crippen molar-refractivity contribution >= 4 is 5.97 Å². The first-order valence-corrected chi connectivity index (χ1v) is 9.13. The van der Waals surface area contributed by atoms with Crippen molar-refractivity contribution in [2.45, 2.75) is 96.5 Å². The zero-order valence-corrected chi connectivity index (χ0v) is 14.7. The molecule has 1 atom stereocenters. The molecule has 0 saturated heterocycles. The molecule has 0 aromatic carbocycles. The third kappa shape index (κ3) is 14.1. The largest absolute Gasteiger partial charge is 0.479 e. The lowest BCUT2D eigenvalue weighted by Crippen LogP contribution is -2.21.